The second-order valence-electron chi connectivity index (χ2n) is 16.8. The molecule has 2 heteroatoms. The Morgan fingerprint density at radius 2 is 0.891 bits per heavy atom. The van der Waals surface area contributed by atoms with Gasteiger partial charge in [0.25, 0.3) is 0 Å². The van der Waals surface area contributed by atoms with Crippen LogP contribution < -0.4 is 4.90 Å². The number of anilines is 3. The minimum absolute atomic E-state index is 0.857. The predicted molar refractivity (Wildman–Crippen MR) is 272 cm³/mol. The van der Waals surface area contributed by atoms with Crippen molar-refractivity contribution < 1.29 is 4.42 Å². The van der Waals surface area contributed by atoms with Gasteiger partial charge < -0.3 is 9.32 Å². The van der Waals surface area contributed by atoms with Crippen molar-refractivity contribution in [1.82, 2.24) is 0 Å². The van der Waals surface area contributed by atoms with Crippen LogP contribution in [0.3, 0.4) is 0 Å². The van der Waals surface area contributed by atoms with Crippen molar-refractivity contribution in [2.24, 2.45) is 0 Å². The Bertz CT molecular complexity index is 3970. The summed E-state index contributed by atoms with van der Waals surface area (Å²) < 4.78 is 6.70. The van der Waals surface area contributed by atoms with Crippen molar-refractivity contribution in [3.05, 3.63) is 237 Å². The predicted octanol–water partition coefficient (Wildman–Crippen LogP) is 17.8. The fourth-order valence-corrected chi connectivity index (χ4v) is 10.2. The highest BCUT2D eigenvalue weighted by Crippen LogP contribution is 2.47. The molecule has 0 saturated heterocycles. The highest BCUT2D eigenvalue weighted by atomic mass is 16.3. The van der Waals surface area contributed by atoms with Gasteiger partial charge in [-0.2, -0.15) is 0 Å². The molecule has 0 atom stereocenters. The van der Waals surface area contributed by atoms with Crippen LogP contribution in [0.2, 0.25) is 0 Å². The summed E-state index contributed by atoms with van der Waals surface area (Å²) in [6, 6.07) is 86.2. The first-order chi connectivity index (χ1) is 31.7. The Hall–Kier alpha value is -8.46. The summed E-state index contributed by atoms with van der Waals surface area (Å²) in [6.45, 7) is 0. The van der Waals surface area contributed by atoms with Gasteiger partial charge in [0.1, 0.15) is 11.2 Å². The normalized spacial score (nSPS) is 11.8. The Morgan fingerprint density at radius 3 is 1.75 bits per heavy atom. The molecule has 1 aromatic heterocycles. The van der Waals surface area contributed by atoms with Gasteiger partial charge in [-0.25, -0.2) is 0 Å². The van der Waals surface area contributed by atoms with Crippen molar-refractivity contribution in [2.75, 3.05) is 4.90 Å². The lowest BCUT2D eigenvalue weighted by molar-refractivity contribution is 0.669. The van der Waals surface area contributed by atoms with Gasteiger partial charge in [-0.05, 0) is 142 Å². The Labute approximate surface area is 370 Å². The van der Waals surface area contributed by atoms with Crippen molar-refractivity contribution in [3.63, 3.8) is 0 Å². The first-order valence-corrected chi connectivity index (χ1v) is 22.0. The van der Waals surface area contributed by atoms with Gasteiger partial charge >= 0.3 is 0 Å². The van der Waals surface area contributed by atoms with E-state index in [-0.39, 0.29) is 0 Å². The Balaban J connectivity index is 1.05. The number of rotatable bonds is 6. The van der Waals surface area contributed by atoms with E-state index in [1.54, 1.807) is 0 Å². The number of nitrogens with zero attached hydrogens (tertiary/aromatic N) is 1. The average Bonchev–Trinajstić information content (AvgIpc) is 3.73. The van der Waals surface area contributed by atoms with Gasteiger partial charge in [0.2, 0.25) is 0 Å². The number of fused-ring (bicyclic) bond motifs is 9. The maximum Gasteiger partial charge on any atom is 0.137 e. The van der Waals surface area contributed by atoms with Crippen LogP contribution in [-0.4, -0.2) is 0 Å². The summed E-state index contributed by atoms with van der Waals surface area (Å²) in [5.74, 6) is 0. The van der Waals surface area contributed by atoms with E-state index in [1.807, 2.05) is 0 Å². The lowest BCUT2D eigenvalue weighted by atomic mass is 9.91. The summed E-state index contributed by atoms with van der Waals surface area (Å²) >= 11 is 0. The second kappa shape index (κ2) is 14.6. The van der Waals surface area contributed by atoms with Gasteiger partial charge in [-0.1, -0.05) is 182 Å². The zero-order valence-corrected chi connectivity index (χ0v) is 34.9. The molecule has 0 unspecified atom stereocenters. The molecule has 0 fully saturated rings. The molecular formula is C62H39NO. The fourth-order valence-electron chi connectivity index (χ4n) is 10.2. The van der Waals surface area contributed by atoms with Crippen molar-refractivity contribution in [1.29, 1.82) is 0 Å². The number of furan rings is 1. The van der Waals surface area contributed by atoms with E-state index in [4.69, 9.17) is 4.42 Å². The molecule has 0 radical (unpaired) electrons. The monoisotopic (exact) mass is 813 g/mol. The van der Waals surface area contributed by atoms with Crippen molar-refractivity contribution >= 4 is 92.9 Å². The van der Waals surface area contributed by atoms with E-state index < -0.39 is 0 Å². The molecule has 2 nitrogen and oxygen atoms in total. The SMILES string of the molecule is c1ccc(-c2cc(N(c3ccc4c(-c5cccc6c5ccc5ccccc56)cccc4c3)c3cccc4oc5cc6ccccc6cc5c34)ccc2-c2ccc3ccccc3c2)cc1. The van der Waals surface area contributed by atoms with E-state index in [1.165, 1.54) is 76.3 Å². The molecule has 13 aromatic rings. The van der Waals surface area contributed by atoms with Crippen LogP contribution >= 0.6 is 0 Å². The van der Waals surface area contributed by atoms with E-state index >= 15 is 0 Å². The quantitative estimate of drug-likeness (QED) is 0.156. The van der Waals surface area contributed by atoms with E-state index in [0.29, 0.717) is 0 Å². The third kappa shape index (κ3) is 5.88. The van der Waals surface area contributed by atoms with Crippen LogP contribution in [-0.2, 0) is 0 Å². The smallest absolute Gasteiger partial charge is 0.137 e. The Morgan fingerprint density at radius 1 is 0.266 bits per heavy atom. The average molecular weight is 814 g/mol. The van der Waals surface area contributed by atoms with Crippen LogP contribution in [0.1, 0.15) is 0 Å². The first-order valence-electron chi connectivity index (χ1n) is 22.0. The van der Waals surface area contributed by atoms with Gasteiger partial charge in [0.15, 0.2) is 0 Å². The van der Waals surface area contributed by atoms with Crippen LogP contribution in [0.5, 0.6) is 0 Å². The molecular weight excluding hydrogens is 775 g/mol. The van der Waals surface area contributed by atoms with E-state index in [0.717, 1.165) is 50.0 Å². The van der Waals surface area contributed by atoms with Gasteiger partial charge in [0.05, 0.1) is 11.1 Å². The minimum atomic E-state index is 0.857. The largest absolute Gasteiger partial charge is 0.456 e. The highest BCUT2D eigenvalue weighted by molar-refractivity contribution is 6.18. The molecule has 0 aliphatic rings. The molecule has 0 amide bonds. The summed E-state index contributed by atoms with van der Waals surface area (Å²) in [5.41, 5.74) is 12.1. The molecule has 0 bridgehead atoms. The molecule has 64 heavy (non-hydrogen) atoms. The standard InChI is InChI=1S/C62H39NO/c1-2-14-41(15-3-1)57-39-49(31-34-52(57)47-28-27-40-13-4-5-17-43(40)35-47)63(59-25-12-26-60-62(59)58-37-44-18-6-7-19-45(44)38-61(58)64-60)48-30-33-51-46(36-48)20-10-22-54(51)55-24-11-23-53-50-21-9-8-16-42(50)29-32-56(53)55/h1-39H. The second-order valence-corrected chi connectivity index (χ2v) is 16.8. The zero-order valence-electron chi connectivity index (χ0n) is 34.9. The molecule has 13 rings (SSSR count). The number of hydrogen-bond donors (Lipinski definition) is 0. The molecule has 1 heterocycles. The number of hydrogen-bond acceptors (Lipinski definition) is 2. The molecule has 0 spiro atoms. The van der Waals surface area contributed by atoms with Gasteiger partial charge in [-0.3, -0.25) is 0 Å². The maximum atomic E-state index is 6.70. The van der Waals surface area contributed by atoms with Gasteiger partial charge in [-0.15, -0.1) is 0 Å². The molecule has 298 valence electrons. The van der Waals surface area contributed by atoms with E-state index in [9.17, 15) is 0 Å². The third-order valence-electron chi connectivity index (χ3n) is 13.2. The third-order valence-corrected chi connectivity index (χ3v) is 13.2. The zero-order chi connectivity index (χ0) is 42.1. The molecule has 12 aromatic carbocycles. The molecule has 0 aliphatic carbocycles. The summed E-state index contributed by atoms with van der Waals surface area (Å²) in [6.07, 6.45) is 0. The topological polar surface area (TPSA) is 16.4 Å². The fraction of sp³-hybridized carbons (Fsp3) is 0. The van der Waals surface area contributed by atoms with Crippen molar-refractivity contribution in [3.8, 4) is 33.4 Å². The van der Waals surface area contributed by atoms with Crippen LogP contribution in [0.25, 0.3) is 109 Å². The maximum absolute atomic E-state index is 6.70. The summed E-state index contributed by atoms with van der Waals surface area (Å²) in [7, 11) is 0. The van der Waals surface area contributed by atoms with Crippen LogP contribution in [0.15, 0.2) is 241 Å². The number of benzene rings is 12. The van der Waals surface area contributed by atoms with E-state index in [2.05, 4.69) is 241 Å². The minimum Gasteiger partial charge on any atom is -0.456 e. The van der Waals surface area contributed by atoms with Crippen LogP contribution in [0, 0.1) is 0 Å². The lowest BCUT2D eigenvalue weighted by Crippen LogP contribution is -2.10. The molecule has 0 saturated carbocycles. The van der Waals surface area contributed by atoms with Gasteiger partial charge in [0, 0.05) is 16.8 Å². The Kier molecular flexibility index (Phi) is 8.25. The first kappa shape index (κ1) is 36.2. The molecule has 0 N–H and O–H groups in total. The summed E-state index contributed by atoms with van der Waals surface area (Å²) in [4.78, 5) is 2.43. The summed E-state index contributed by atoms with van der Waals surface area (Å²) in [5, 5.41) is 14.4. The van der Waals surface area contributed by atoms with Crippen LogP contribution in [0.4, 0.5) is 17.1 Å². The highest BCUT2D eigenvalue weighted by Gasteiger charge is 2.22. The van der Waals surface area contributed by atoms with Crippen molar-refractivity contribution in [2.45, 2.75) is 0 Å². The molecule has 0 aliphatic heterocycles. The lowest BCUT2D eigenvalue weighted by Gasteiger charge is -2.28.